The molecule has 0 spiro atoms. The van der Waals surface area contributed by atoms with Crippen LogP contribution in [-0.4, -0.2) is 98.8 Å². The topological polar surface area (TPSA) is 151 Å². The maximum atomic E-state index is 12.5. The number of fused-ring (bicyclic) bond motifs is 2. The van der Waals surface area contributed by atoms with E-state index in [1.54, 1.807) is 20.8 Å². The zero-order chi connectivity index (χ0) is 34.4. The van der Waals surface area contributed by atoms with Gasteiger partial charge in [-0.2, -0.15) is 0 Å². The highest BCUT2D eigenvalue weighted by Crippen LogP contribution is 2.48. The Labute approximate surface area is 275 Å². The van der Waals surface area contributed by atoms with Crippen LogP contribution in [0.1, 0.15) is 72.8 Å². The van der Waals surface area contributed by atoms with Crippen molar-refractivity contribution in [3.63, 3.8) is 0 Å². The van der Waals surface area contributed by atoms with Crippen LogP contribution in [0, 0.1) is 5.41 Å². The molecule has 3 aliphatic heterocycles. The molecule has 3 aliphatic rings. The van der Waals surface area contributed by atoms with Crippen molar-refractivity contribution in [3.05, 3.63) is 35.9 Å². The van der Waals surface area contributed by atoms with Crippen molar-refractivity contribution in [2.45, 2.75) is 128 Å². The zero-order valence-corrected chi connectivity index (χ0v) is 28.3. The molecule has 0 amide bonds. The lowest BCUT2D eigenvalue weighted by atomic mass is 9.84. The summed E-state index contributed by atoms with van der Waals surface area (Å²) in [5.41, 5.74) is 0.279. The van der Waals surface area contributed by atoms with Crippen LogP contribution >= 0.6 is 0 Å². The minimum atomic E-state index is -1.31. The molecule has 0 N–H and O–H groups in total. The van der Waals surface area contributed by atoms with Crippen molar-refractivity contribution in [2.24, 2.45) is 5.41 Å². The minimum absolute atomic E-state index is 0.0999. The van der Waals surface area contributed by atoms with E-state index in [0.717, 1.165) is 5.56 Å². The molecule has 0 saturated carbocycles. The first-order valence-corrected chi connectivity index (χ1v) is 16.1. The van der Waals surface area contributed by atoms with Crippen LogP contribution < -0.4 is 0 Å². The van der Waals surface area contributed by atoms with Crippen LogP contribution in [0.5, 0.6) is 0 Å². The van der Waals surface area contributed by atoms with Gasteiger partial charge in [-0.3, -0.25) is 19.2 Å². The van der Waals surface area contributed by atoms with Crippen molar-refractivity contribution < 1.29 is 61.8 Å². The van der Waals surface area contributed by atoms with Gasteiger partial charge >= 0.3 is 23.9 Å². The summed E-state index contributed by atoms with van der Waals surface area (Å²) in [6.07, 6.45) is -4.65. The second-order valence-electron chi connectivity index (χ2n) is 13.2. The van der Waals surface area contributed by atoms with Gasteiger partial charge in [0.2, 0.25) is 0 Å². The van der Waals surface area contributed by atoms with Crippen LogP contribution in [0.2, 0.25) is 0 Å². The molecule has 262 valence electrons. The fraction of sp³-hybridized carbons (Fsp3) is 0.706. The molecule has 2 unspecified atom stereocenters. The number of esters is 4. The average molecular weight is 665 g/mol. The lowest BCUT2D eigenvalue weighted by Crippen LogP contribution is -2.69. The first-order chi connectivity index (χ1) is 22.2. The van der Waals surface area contributed by atoms with Gasteiger partial charge < -0.3 is 42.6 Å². The normalized spacial score (nSPS) is 30.7. The molecule has 0 bridgehead atoms. The first-order valence-electron chi connectivity index (χ1n) is 16.1. The molecule has 0 aromatic heterocycles. The van der Waals surface area contributed by atoms with Gasteiger partial charge in [0, 0.05) is 47.1 Å². The average Bonchev–Trinajstić information content (AvgIpc) is 3.34. The molecule has 0 radical (unpaired) electrons. The Morgan fingerprint density at radius 1 is 0.936 bits per heavy atom. The summed E-state index contributed by atoms with van der Waals surface area (Å²) in [6.45, 7) is 9.39. The molecule has 3 heterocycles. The molecule has 13 heteroatoms. The quantitative estimate of drug-likeness (QED) is 0.224. The summed E-state index contributed by atoms with van der Waals surface area (Å²) in [5, 5.41) is 0. The second kappa shape index (κ2) is 15.9. The predicted molar refractivity (Wildman–Crippen MR) is 164 cm³/mol. The highest BCUT2D eigenvalue weighted by Gasteiger charge is 2.65. The van der Waals surface area contributed by atoms with Crippen LogP contribution in [0.3, 0.4) is 0 Å². The summed E-state index contributed by atoms with van der Waals surface area (Å²) in [7, 11) is 1.51. The van der Waals surface area contributed by atoms with Gasteiger partial charge in [0.1, 0.15) is 31.0 Å². The van der Waals surface area contributed by atoms with E-state index in [4.69, 9.17) is 42.6 Å². The number of carbonyl (C=O) groups is 4. The van der Waals surface area contributed by atoms with Crippen LogP contribution in [0.4, 0.5) is 0 Å². The molecule has 1 aromatic carbocycles. The van der Waals surface area contributed by atoms with Crippen molar-refractivity contribution in [3.8, 4) is 0 Å². The first kappa shape index (κ1) is 36.7. The number of hydrogen-bond donors (Lipinski definition) is 0. The Hall–Kier alpha value is -3.10. The summed E-state index contributed by atoms with van der Waals surface area (Å²) in [5.74, 6) is -3.24. The number of methoxy groups -OCH3 is 1. The number of benzene rings is 1. The standard InChI is InChI=1S/C34H48O13/c1-20(35)41-19-25(43-21(2)36)17-26-27(42-18-23-11-9-8-10-12-23)29-28(46-26)30(44-22(3)37)31-34(39-7,47-29)15-13-24(45-31)14-16-40-32(38)33(4,5)6/h8-12,24-31H,13-19H2,1-7H3/t24-,25?,26-,27+,28-,29+,30+,31-,34?/m1/s1. The Morgan fingerprint density at radius 3 is 2.28 bits per heavy atom. The summed E-state index contributed by atoms with van der Waals surface area (Å²) >= 11 is 0. The molecule has 1 aromatic rings. The Morgan fingerprint density at radius 2 is 1.66 bits per heavy atom. The monoisotopic (exact) mass is 664 g/mol. The van der Waals surface area contributed by atoms with Gasteiger partial charge in [0.25, 0.3) is 0 Å². The molecule has 47 heavy (non-hydrogen) atoms. The Kier molecular flexibility index (Phi) is 12.4. The lowest BCUT2D eigenvalue weighted by Gasteiger charge is -2.53. The molecular weight excluding hydrogens is 616 g/mol. The van der Waals surface area contributed by atoms with Crippen LogP contribution in [0.25, 0.3) is 0 Å². The fourth-order valence-electron chi connectivity index (χ4n) is 6.21. The van der Waals surface area contributed by atoms with E-state index >= 15 is 0 Å². The highest BCUT2D eigenvalue weighted by molar-refractivity contribution is 5.75. The van der Waals surface area contributed by atoms with Crippen molar-refractivity contribution >= 4 is 23.9 Å². The molecular formula is C34H48O13. The largest absolute Gasteiger partial charge is 0.465 e. The van der Waals surface area contributed by atoms with E-state index < -0.39 is 71.8 Å². The van der Waals surface area contributed by atoms with E-state index in [1.165, 1.54) is 27.9 Å². The van der Waals surface area contributed by atoms with Gasteiger partial charge in [0.15, 0.2) is 18.0 Å². The Bertz CT molecular complexity index is 1230. The fourth-order valence-corrected chi connectivity index (χ4v) is 6.21. The number of ether oxygens (including phenoxy) is 9. The van der Waals surface area contributed by atoms with E-state index in [2.05, 4.69) is 0 Å². The van der Waals surface area contributed by atoms with Crippen molar-refractivity contribution in [1.82, 2.24) is 0 Å². The number of hydrogen-bond acceptors (Lipinski definition) is 13. The molecule has 13 nitrogen and oxygen atoms in total. The molecule has 3 saturated heterocycles. The van der Waals surface area contributed by atoms with E-state index in [0.29, 0.717) is 19.3 Å². The van der Waals surface area contributed by atoms with Gasteiger partial charge in [-0.1, -0.05) is 30.3 Å². The van der Waals surface area contributed by atoms with Crippen LogP contribution in [-0.2, 0) is 68.4 Å². The van der Waals surface area contributed by atoms with Crippen molar-refractivity contribution in [1.29, 1.82) is 0 Å². The molecule has 9 atom stereocenters. The molecule has 3 fully saturated rings. The zero-order valence-electron chi connectivity index (χ0n) is 28.3. The van der Waals surface area contributed by atoms with E-state index in [1.807, 2.05) is 30.3 Å². The number of rotatable bonds is 13. The third-order valence-corrected chi connectivity index (χ3v) is 8.41. The highest BCUT2D eigenvalue weighted by atomic mass is 16.8. The van der Waals surface area contributed by atoms with Gasteiger partial charge in [-0.15, -0.1) is 0 Å². The minimum Gasteiger partial charge on any atom is -0.465 e. The molecule has 0 aliphatic carbocycles. The van der Waals surface area contributed by atoms with Gasteiger partial charge in [-0.25, -0.2) is 0 Å². The van der Waals surface area contributed by atoms with E-state index in [9.17, 15) is 19.2 Å². The summed E-state index contributed by atoms with van der Waals surface area (Å²) in [4.78, 5) is 48.3. The number of carbonyl (C=O) groups excluding carboxylic acids is 4. The van der Waals surface area contributed by atoms with Gasteiger partial charge in [-0.05, 0) is 32.8 Å². The van der Waals surface area contributed by atoms with Gasteiger partial charge in [0.05, 0.1) is 30.8 Å². The third kappa shape index (κ3) is 9.50. The summed E-state index contributed by atoms with van der Waals surface area (Å²) < 4.78 is 54.3. The lowest BCUT2D eigenvalue weighted by molar-refractivity contribution is -0.383. The Balaban J connectivity index is 1.60. The predicted octanol–water partition coefficient (Wildman–Crippen LogP) is 3.42. The summed E-state index contributed by atoms with van der Waals surface area (Å²) in [6, 6.07) is 9.56. The van der Waals surface area contributed by atoms with Crippen molar-refractivity contribution in [2.75, 3.05) is 20.3 Å². The van der Waals surface area contributed by atoms with E-state index in [-0.39, 0.29) is 38.3 Å². The smallest absolute Gasteiger partial charge is 0.311 e. The third-order valence-electron chi connectivity index (χ3n) is 8.41. The second-order valence-corrected chi connectivity index (χ2v) is 13.2. The maximum absolute atomic E-state index is 12.5. The maximum Gasteiger partial charge on any atom is 0.311 e. The van der Waals surface area contributed by atoms with Crippen LogP contribution in [0.15, 0.2) is 30.3 Å². The SMILES string of the molecule is COC12CC[C@H](CCOC(=O)C(C)(C)C)O[C@@H]1[C@@H](OC(C)=O)[C@@H]1O[C@H](CC(COC(C)=O)OC(C)=O)[C@H](OCc3ccccc3)[C@@H]1O2. The molecule has 4 rings (SSSR count).